The van der Waals surface area contributed by atoms with Crippen LogP contribution in [-0.4, -0.2) is 46.7 Å². The lowest BCUT2D eigenvalue weighted by Gasteiger charge is -2.72. The molecule has 1 aromatic carbocycles. The summed E-state index contributed by atoms with van der Waals surface area (Å²) >= 11 is 6.44. The first kappa shape index (κ1) is 39.5. The number of aliphatic hydroxyl groups is 1. The number of esters is 1. The van der Waals surface area contributed by atoms with Gasteiger partial charge in [-0.3, -0.25) is 14.4 Å². The molecule has 0 bridgehead atoms. The topological polar surface area (TPSA) is 113 Å². The summed E-state index contributed by atoms with van der Waals surface area (Å²) in [4.78, 5) is 38.9. The number of Topliss-reactive ketones (excluding diaryl/α,β-unsaturated/α-hetero) is 1. The van der Waals surface area contributed by atoms with Crippen LogP contribution in [0, 0.1) is 56.2 Å². The van der Waals surface area contributed by atoms with Crippen LogP contribution in [-0.2, 0) is 25.7 Å². The fraction of sp³-hybridized carbons (Fsp3) is 0.750. The Labute approximate surface area is 317 Å². The Morgan fingerprint density at radius 1 is 0.962 bits per heavy atom. The fourth-order valence-corrected chi connectivity index (χ4v) is 13.3. The zero-order valence-corrected chi connectivity index (χ0v) is 33.9. The maximum atomic E-state index is 14.0. The van der Waals surface area contributed by atoms with E-state index < -0.39 is 28.9 Å². The van der Waals surface area contributed by atoms with Crippen molar-refractivity contribution in [3.8, 4) is 0 Å². The molecule has 0 radical (unpaired) electrons. The summed E-state index contributed by atoms with van der Waals surface area (Å²) < 4.78 is 6.16. The van der Waals surface area contributed by atoms with Gasteiger partial charge in [-0.2, -0.15) is 0 Å². The van der Waals surface area contributed by atoms with Crippen LogP contribution in [0.4, 0.5) is 0 Å². The number of ether oxygens (including phenoxy) is 1. The molecule has 52 heavy (non-hydrogen) atoms. The maximum Gasteiger partial charge on any atom is 0.309 e. The van der Waals surface area contributed by atoms with Crippen molar-refractivity contribution in [3.63, 3.8) is 0 Å². The minimum absolute atomic E-state index is 0.0198. The number of hydrogen-bond acceptors (Lipinski definition) is 6. The molecule has 3 N–H and O–H groups in total. The molecule has 1 aromatic rings. The van der Waals surface area contributed by atoms with E-state index in [1.807, 2.05) is 24.3 Å². The Kier molecular flexibility index (Phi) is 10.3. The number of fused-ring (bicyclic) bond motifs is 7. The van der Waals surface area contributed by atoms with E-state index in [1.165, 1.54) is 5.57 Å². The molecule has 5 aliphatic carbocycles. The Bertz CT molecular complexity index is 1630. The lowest BCUT2D eigenvalue weighted by Crippen LogP contribution is -2.66. The molecule has 3 unspecified atom stereocenters. The van der Waals surface area contributed by atoms with Crippen molar-refractivity contribution in [1.82, 2.24) is 5.32 Å². The molecular weight excluding hydrogens is 674 g/mol. The molecule has 7 nitrogen and oxygen atoms in total. The van der Waals surface area contributed by atoms with Gasteiger partial charge in [-0.1, -0.05) is 83.8 Å². The van der Waals surface area contributed by atoms with Crippen LogP contribution in [0.25, 0.3) is 0 Å². The number of carboxylic acid groups (broad SMARTS) is 1. The summed E-state index contributed by atoms with van der Waals surface area (Å²) in [5.74, 6) is 0.00892. The lowest BCUT2D eigenvalue weighted by atomic mass is 9.33. The molecular formula is C44H64ClNO6. The molecule has 4 saturated carbocycles. The quantitative estimate of drug-likeness (QED) is 0.205. The van der Waals surface area contributed by atoms with Gasteiger partial charge in [0.2, 0.25) is 0 Å². The highest BCUT2D eigenvalue weighted by Gasteiger charge is 2.70. The second-order valence-electron chi connectivity index (χ2n) is 19.8. The normalized spacial score (nSPS) is 37.5. The van der Waals surface area contributed by atoms with Gasteiger partial charge in [-0.05, 0) is 122 Å². The highest BCUT2D eigenvalue weighted by Crippen LogP contribution is 2.77. The largest absolute Gasteiger partial charge is 0.481 e. The summed E-state index contributed by atoms with van der Waals surface area (Å²) in [5, 5.41) is 26.0. The van der Waals surface area contributed by atoms with Gasteiger partial charge in [0.25, 0.3) is 0 Å². The number of hydrogen-bond donors (Lipinski definition) is 3. The fourth-order valence-electron chi connectivity index (χ4n) is 13.1. The third-order valence-corrected chi connectivity index (χ3v) is 16.5. The second-order valence-corrected chi connectivity index (χ2v) is 20.2. The van der Waals surface area contributed by atoms with Crippen LogP contribution >= 0.6 is 11.6 Å². The van der Waals surface area contributed by atoms with E-state index >= 15 is 0 Å². The Morgan fingerprint density at radius 2 is 1.65 bits per heavy atom. The van der Waals surface area contributed by atoms with Gasteiger partial charge in [0.1, 0.15) is 6.10 Å². The number of aliphatic carboxylic acids is 1. The number of carbonyl (C=O) groups excluding carboxylic acids is 2. The molecule has 288 valence electrons. The van der Waals surface area contributed by atoms with Gasteiger partial charge in [-0.15, -0.1) is 0 Å². The third-order valence-electron chi connectivity index (χ3n) is 16.1. The van der Waals surface area contributed by atoms with Crippen molar-refractivity contribution >= 4 is 29.3 Å². The first-order valence-electron chi connectivity index (χ1n) is 20.0. The van der Waals surface area contributed by atoms with E-state index in [9.17, 15) is 24.6 Å². The van der Waals surface area contributed by atoms with Gasteiger partial charge in [0.05, 0.1) is 17.9 Å². The number of allylic oxidation sites excluding steroid dienone is 1. The highest BCUT2D eigenvalue weighted by atomic mass is 35.5. The lowest BCUT2D eigenvalue weighted by molar-refractivity contribution is -0.235. The van der Waals surface area contributed by atoms with Gasteiger partial charge in [0, 0.05) is 35.4 Å². The van der Waals surface area contributed by atoms with Crippen LogP contribution in [0.1, 0.15) is 132 Å². The summed E-state index contributed by atoms with van der Waals surface area (Å²) in [6.45, 7) is 20.6. The molecule has 5 aliphatic rings. The van der Waals surface area contributed by atoms with Crippen LogP contribution in [0.15, 0.2) is 35.4 Å². The number of nitrogens with one attached hydrogen (secondary N) is 1. The molecule has 6 rings (SSSR count). The van der Waals surface area contributed by atoms with E-state index in [4.69, 9.17) is 16.3 Å². The monoisotopic (exact) mass is 737 g/mol. The Hall–Kier alpha value is -2.22. The van der Waals surface area contributed by atoms with Crippen molar-refractivity contribution in [2.75, 3.05) is 6.54 Å². The number of rotatable bonds is 10. The minimum Gasteiger partial charge on any atom is -0.481 e. The summed E-state index contributed by atoms with van der Waals surface area (Å²) in [7, 11) is 0. The molecule has 0 amide bonds. The molecule has 4 fully saturated rings. The van der Waals surface area contributed by atoms with E-state index in [0.29, 0.717) is 36.4 Å². The average Bonchev–Trinajstić information content (AvgIpc) is 3.36. The van der Waals surface area contributed by atoms with E-state index in [0.717, 1.165) is 62.5 Å². The second kappa shape index (κ2) is 13.5. The summed E-state index contributed by atoms with van der Waals surface area (Å²) in [6.07, 6.45) is 7.11. The van der Waals surface area contributed by atoms with Gasteiger partial charge < -0.3 is 20.3 Å². The van der Waals surface area contributed by atoms with Crippen molar-refractivity contribution in [3.05, 3.63) is 46.0 Å². The standard InChI is InChI=1S/C44H64ClNO6/c1-26(2)36-30(47)22-44(33(48)25-46-24-27-12-10-11-13-29(27)45)21-20-42(8)28(37(36)44)14-15-32-41(7)18-17-34(52-35(49)23-39(3,4)38(50)51)40(5,6)31(41)16-19-43(32,42)9/h10-13,26,28,31-34,46,48H,14-25H2,1-9H3,(H,50,51)/t28-,31?,32-,33?,34+,41+,42-,43-,44?/m1/s1. The Balaban J connectivity index is 1.26. The SMILES string of the molecule is CC(C)C1=C2[C@H]3CC[C@@H]4[C@@]5(C)CC[C@H](OC(=O)CC(C)(C)C(=O)O)C(C)(C)C5CC[C@@]4(C)[C@]3(C)CCC2(C(O)CNCc2ccccc2Cl)CC1=O. The number of ketones is 1. The predicted octanol–water partition coefficient (Wildman–Crippen LogP) is 9.18. The van der Waals surface area contributed by atoms with Gasteiger partial charge >= 0.3 is 11.9 Å². The molecule has 9 atom stereocenters. The average molecular weight is 738 g/mol. The van der Waals surface area contributed by atoms with Crippen molar-refractivity contribution in [2.45, 2.75) is 145 Å². The molecule has 0 spiro atoms. The van der Waals surface area contributed by atoms with Crippen molar-refractivity contribution < 1.29 is 29.3 Å². The predicted molar refractivity (Wildman–Crippen MR) is 205 cm³/mol. The smallest absolute Gasteiger partial charge is 0.309 e. The summed E-state index contributed by atoms with van der Waals surface area (Å²) in [6, 6.07) is 7.79. The first-order chi connectivity index (χ1) is 24.2. The zero-order valence-electron chi connectivity index (χ0n) is 33.2. The van der Waals surface area contributed by atoms with Gasteiger partial charge in [0.15, 0.2) is 5.78 Å². The number of aliphatic hydroxyl groups excluding tert-OH is 1. The van der Waals surface area contributed by atoms with Crippen LogP contribution < -0.4 is 5.32 Å². The number of benzene rings is 1. The molecule has 0 aliphatic heterocycles. The number of carboxylic acids is 1. The van der Waals surface area contributed by atoms with E-state index in [1.54, 1.807) is 13.8 Å². The van der Waals surface area contributed by atoms with E-state index in [2.05, 4.69) is 53.8 Å². The number of carbonyl (C=O) groups is 3. The maximum absolute atomic E-state index is 14.0. The molecule has 0 heterocycles. The number of halogens is 1. The molecule has 0 aromatic heterocycles. The highest BCUT2D eigenvalue weighted by molar-refractivity contribution is 6.31. The van der Waals surface area contributed by atoms with Crippen molar-refractivity contribution in [1.29, 1.82) is 0 Å². The van der Waals surface area contributed by atoms with Crippen LogP contribution in [0.3, 0.4) is 0 Å². The van der Waals surface area contributed by atoms with E-state index in [-0.39, 0.29) is 51.8 Å². The van der Waals surface area contributed by atoms with Crippen molar-refractivity contribution in [2.24, 2.45) is 56.2 Å². The zero-order chi connectivity index (χ0) is 38.2. The minimum atomic E-state index is -1.17. The first-order valence-corrected chi connectivity index (χ1v) is 20.4. The molecule has 8 heteroatoms. The third kappa shape index (κ3) is 6.02. The summed E-state index contributed by atoms with van der Waals surface area (Å²) in [5.41, 5.74) is 1.39. The van der Waals surface area contributed by atoms with Crippen LogP contribution in [0.2, 0.25) is 5.02 Å². The Morgan fingerprint density at radius 3 is 2.31 bits per heavy atom. The van der Waals surface area contributed by atoms with Crippen LogP contribution in [0.5, 0.6) is 0 Å². The van der Waals surface area contributed by atoms with Gasteiger partial charge in [-0.25, -0.2) is 0 Å². The molecule has 0 saturated heterocycles.